The van der Waals surface area contributed by atoms with Crippen LogP contribution in [0.2, 0.25) is 5.02 Å². The molecule has 0 saturated heterocycles. The quantitative estimate of drug-likeness (QED) is 0.760. The normalized spacial score (nSPS) is 9.83. The van der Waals surface area contributed by atoms with Crippen LogP contribution in [0.4, 0.5) is 5.82 Å². The summed E-state index contributed by atoms with van der Waals surface area (Å²) in [6.07, 6.45) is 3.80. The van der Waals surface area contributed by atoms with Crippen LogP contribution in [0.3, 0.4) is 0 Å². The van der Waals surface area contributed by atoms with E-state index in [1.54, 1.807) is 18.0 Å². The third-order valence-corrected chi connectivity index (χ3v) is 2.27. The molecular weight excluding hydrogens is 192 g/mol. The second kappa shape index (κ2) is 5.27. The lowest BCUT2D eigenvalue weighted by atomic mass is 10.4. The predicted molar refractivity (Wildman–Crippen MR) is 56.1 cm³/mol. The fourth-order valence-corrected chi connectivity index (χ4v) is 1.28. The minimum Gasteiger partial charge on any atom is -0.368 e. The van der Waals surface area contributed by atoms with Gasteiger partial charge in [-0.25, -0.2) is 4.98 Å². The highest BCUT2D eigenvalue weighted by molar-refractivity contribution is 7.98. The van der Waals surface area contributed by atoms with Gasteiger partial charge in [0.15, 0.2) is 0 Å². The fraction of sp³-hybridized carbons (Fsp3) is 0.375. The van der Waals surface area contributed by atoms with Crippen molar-refractivity contribution in [1.82, 2.24) is 4.98 Å². The van der Waals surface area contributed by atoms with Crippen molar-refractivity contribution in [3.63, 3.8) is 0 Å². The van der Waals surface area contributed by atoms with E-state index in [0.29, 0.717) is 5.02 Å². The number of rotatable bonds is 4. The van der Waals surface area contributed by atoms with E-state index >= 15 is 0 Å². The molecule has 4 heteroatoms. The summed E-state index contributed by atoms with van der Waals surface area (Å²) < 4.78 is 0. The van der Waals surface area contributed by atoms with Crippen molar-refractivity contribution in [3.8, 4) is 0 Å². The Hall–Kier alpha value is -0.410. The van der Waals surface area contributed by atoms with E-state index in [-0.39, 0.29) is 0 Å². The molecule has 0 aromatic carbocycles. The van der Waals surface area contributed by atoms with Gasteiger partial charge in [-0.15, -0.1) is 0 Å². The Morgan fingerprint density at radius 2 is 2.50 bits per heavy atom. The van der Waals surface area contributed by atoms with E-state index < -0.39 is 0 Å². The van der Waals surface area contributed by atoms with Gasteiger partial charge in [-0.3, -0.25) is 0 Å². The number of aromatic nitrogens is 1. The van der Waals surface area contributed by atoms with Crippen LogP contribution in [0.1, 0.15) is 0 Å². The van der Waals surface area contributed by atoms with Crippen molar-refractivity contribution in [3.05, 3.63) is 23.4 Å². The van der Waals surface area contributed by atoms with Gasteiger partial charge in [-0.05, 0) is 18.4 Å². The molecule has 0 aliphatic carbocycles. The fourth-order valence-electron chi connectivity index (χ4n) is 0.787. The van der Waals surface area contributed by atoms with Gasteiger partial charge in [-0.2, -0.15) is 11.8 Å². The van der Waals surface area contributed by atoms with Crippen molar-refractivity contribution >= 4 is 29.2 Å². The number of pyridine rings is 1. The van der Waals surface area contributed by atoms with Crippen LogP contribution < -0.4 is 5.32 Å². The van der Waals surface area contributed by atoms with Gasteiger partial charge in [0.2, 0.25) is 0 Å². The number of thioether (sulfide) groups is 1. The number of nitrogens with zero attached hydrogens (tertiary/aromatic N) is 1. The Bertz CT molecular complexity index is 242. The first kappa shape index (κ1) is 9.68. The number of halogens is 1. The maximum absolute atomic E-state index is 5.87. The summed E-state index contributed by atoms with van der Waals surface area (Å²) in [5.74, 6) is 1.83. The average Bonchev–Trinajstić information content (AvgIpc) is 2.09. The molecule has 0 spiro atoms. The summed E-state index contributed by atoms with van der Waals surface area (Å²) >= 11 is 7.66. The van der Waals surface area contributed by atoms with E-state index in [1.165, 1.54) is 0 Å². The van der Waals surface area contributed by atoms with Gasteiger partial charge in [0.1, 0.15) is 5.82 Å². The first-order valence-electron chi connectivity index (χ1n) is 3.68. The SMILES string of the molecule is CSCCNc1ncccc1Cl. The molecule has 1 N–H and O–H groups in total. The maximum Gasteiger partial charge on any atom is 0.144 e. The minimum atomic E-state index is 0.679. The Morgan fingerprint density at radius 1 is 1.67 bits per heavy atom. The van der Waals surface area contributed by atoms with E-state index in [1.807, 2.05) is 12.1 Å². The summed E-state index contributed by atoms with van der Waals surface area (Å²) in [6.45, 7) is 0.901. The molecule has 0 amide bonds. The molecule has 12 heavy (non-hydrogen) atoms. The smallest absolute Gasteiger partial charge is 0.144 e. The van der Waals surface area contributed by atoms with Crippen molar-refractivity contribution in [2.75, 3.05) is 23.9 Å². The zero-order chi connectivity index (χ0) is 8.81. The summed E-state index contributed by atoms with van der Waals surface area (Å²) in [5, 5.41) is 3.83. The van der Waals surface area contributed by atoms with Crippen LogP contribution in [0.25, 0.3) is 0 Å². The molecule has 0 radical (unpaired) electrons. The minimum absolute atomic E-state index is 0.679. The van der Waals surface area contributed by atoms with Crippen molar-refractivity contribution in [2.45, 2.75) is 0 Å². The number of hydrogen-bond acceptors (Lipinski definition) is 3. The van der Waals surface area contributed by atoms with Crippen LogP contribution in [0.15, 0.2) is 18.3 Å². The summed E-state index contributed by atoms with van der Waals surface area (Å²) in [7, 11) is 0. The number of hydrogen-bond donors (Lipinski definition) is 1. The molecule has 0 fully saturated rings. The monoisotopic (exact) mass is 202 g/mol. The second-order valence-electron chi connectivity index (χ2n) is 2.25. The Labute approximate surface area is 81.7 Å². The lowest BCUT2D eigenvalue weighted by Gasteiger charge is -2.04. The first-order chi connectivity index (χ1) is 5.84. The Kier molecular flexibility index (Phi) is 4.25. The van der Waals surface area contributed by atoms with Gasteiger partial charge in [-0.1, -0.05) is 11.6 Å². The molecule has 0 aliphatic heterocycles. The number of anilines is 1. The van der Waals surface area contributed by atoms with E-state index in [0.717, 1.165) is 18.1 Å². The molecule has 1 aromatic rings. The third kappa shape index (κ3) is 2.91. The average molecular weight is 203 g/mol. The molecule has 0 saturated carbocycles. The van der Waals surface area contributed by atoms with Crippen LogP contribution in [-0.4, -0.2) is 23.5 Å². The molecule has 0 unspecified atom stereocenters. The molecule has 0 atom stereocenters. The molecule has 1 aromatic heterocycles. The molecule has 1 rings (SSSR count). The summed E-state index contributed by atoms with van der Waals surface area (Å²) in [6, 6.07) is 3.65. The zero-order valence-electron chi connectivity index (χ0n) is 6.88. The van der Waals surface area contributed by atoms with Crippen LogP contribution in [0, 0.1) is 0 Å². The molecule has 66 valence electrons. The van der Waals surface area contributed by atoms with Crippen molar-refractivity contribution in [2.24, 2.45) is 0 Å². The van der Waals surface area contributed by atoms with Crippen molar-refractivity contribution in [1.29, 1.82) is 0 Å². The molecule has 2 nitrogen and oxygen atoms in total. The summed E-state index contributed by atoms with van der Waals surface area (Å²) in [4.78, 5) is 4.10. The van der Waals surface area contributed by atoms with E-state index in [9.17, 15) is 0 Å². The van der Waals surface area contributed by atoms with E-state index in [2.05, 4.69) is 16.6 Å². The highest BCUT2D eigenvalue weighted by atomic mass is 35.5. The lowest BCUT2D eigenvalue weighted by molar-refractivity contribution is 1.17. The maximum atomic E-state index is 5.87. The Morgan fingerprint density at radius 3 is 3.17 bits per heavy atom. The highest BCUT2D eigenvalue weighted by Gasteiger charge is 1.97. The standard InChI is InChI=1S/C8H11ClN2S/c1-12-6-5-11-8-7(9)3-2-4-10-8/h2-4H,5-6H2,1H3,(H,10,11). The third-order valence-electron chi connectivity index (χ3n) is 1.36. The Balaban J connectivity index is 2.46. The van der Waals surface area contributed by atoms with Crippen molar-refractivity contribution < 1.29 is 0 Å². The molecular formula is C8H11ClN2S. The first-order valence-corrected chi connectivity index (χ1v) is 5.45. The van der Waals surface area contributed by atoms with Crippen LogP contribution in [0.5, 0.6) is 0 Å². The van der Waals surface area contributed by atoms with E-state index in [4.69, 9.17) is 11.6 Å². The highest BCUT2D eigenvalue weighted by Crippen LogP contribution is 2.16. The largest absolute Gasteiger partial charge is 0.368 e. The van der Waals surface area contributed by atoms with Gasteiger partial charge in [0, 0.05) is 18.5 Å². The van der Waals surface area contributed by atoms with Crippen LogP contribution >= 0.6 is 23.4 Å². The van der Waals surface area contributed by atoms with Gasteiger partial charge < -0.3 is 5.32 Å². The van der Waals surface area contributed by atoms with Gasteiger partial charge >= 0.3 is 0 Å². The summed E-state index contributed by atoms with van der Waals surface area (Å²) in [5.41, 5.74) is 0. The zero-order valence-corrected chi connectivity index (χ0v) is 8.45. The molecule has 1 heterocycles. The second-order valence-corrected chi connectivity index (χ2v) is 3.65. The topological polar surface area (TPSA) is 24.9 Å². The van der Waals surface area contributed by atoms with Crippen LogP contribution in [-0.2, 0) is 0 Å². The van der Waals surface area contributed by atoms with Gasteiger partial charge in [0.05, 0.1) is 5.02 Å². The molecule has 0 aliphatic rings. The number of nitrogens with one attached hydrogen (secondary N) is 1. The lowest BCUT2D eigenvalue weighted by Crippen LogP contribution is -2.05. The van der Waals surface area contributed by atoms with Gasteiger partial charge in [0.25, 0.3) is 0 Å². The predicted octanol–water partition coefficient (Wildman–Crippen LogP) is 2.51. The molecule has 0 bridgehead atoms.